The lowest BCUT2D eigenvalue weighted by Crippen LogP contribution is -2.78. The molecule has 6 heterocycles. The van der Waals surface area contributed by atoms with Gasteiger partial charge in [-0.3, -0.25) is 19.4 Å². The summed E-state index contributed by atoms with van der Waals surface area (Å²) in [6, 6.07) is 12.0. The number of carbonyl (C=O) groups is 2. The van der Waals surface area contributed by atoms with E-state index < -0.39 is 45.6 Å². The smallest absolute Gasteiger partial charge is 0.322 e. The number of anilines is 1. The number of nitrogens with zero attached hydrogens (tertiary/aromatic N) is 3. The maximum atomic E-state index is 15.3. The number of H-pyrrole nitrogens is 1. The monoisotopic (exact) mass is 766 g/mol. The summed E-state index contributed by atoms with van der Waals surface area (Å²) in [5.41, 5.74) is 0.690. The van der Waals surface area contributed by atoms with E-state index in [2.05, 4.69) is 63.0 Å². The fourth-order valence-electron chi connectivity index (χ4n) is 13.5. The van der Waals surface area contributed by atoms with Gasteiger partial charge in [0.25, 0.3) is 0 Å². The van der Waals surface area contributed by atoms with E-state index in [1.807, 2.05) is 33.0 Å². The summed E-state index contributed by atoms with van der Waals surface area (Å²) >= 11 is 0. The van der Waals surface area contributed by atoms with E-state index in [4.69, 9.17) is 14.2 Å². The molecule has 2 bridgehead atoms. The summed E-state index contributed by atoms with van der Waals surface area (Å²) in [4.78, 5) is 39.0. The van der Waals surface area contributed by atoms with Crippen molar-refractivity contribution < 1.29 is 34.0 Å². The second kappa shape index (κ2) is 12.8. The van der Waals surface area contributed by atoms with Gasteiger partial charge in [0.15, 0.2) is 0 Å². The number of fused-ring (bicyclic) bond motifs is 6. The molecule has 3 fully saturated rings. The zero-order chi connectivity index (χ0) is 39.6. The number of nitrogens with one attached hydrogen (secondary N) is 1. The molecule has 1 spiro atoms. The van der Waals surface area contributed by atoms with E-state index in [0.717, 1.165) is 71.6 Å². The molecule has 5 unspecified atom stereocenters. The van der Waals surface area contributed by atoms with Gasteiger partial charge in [0, 0.05) is 90.9 Å². The first-order chi connectivity index (χ1) is 26.7. The molecule has 11 nitrogen and oxygen atoms in total. The van der Waals surface area contributed by atoms with Crippen molar-refractivity contribution in [3.63, 3.8) is 0 Å². The maximum absolute atomic E-state index is 15.3. The van der Waals surface area contributed by atoms with Crippen molar-refractivity contribution in [2.75, 3.05) is 58.9 Å². The highest BCUT2D eigenvalue weighted by Gasteiger charge is 2.77. The number of aliphatic hydroxyl groups is 2. The second-order valence-electron chi connectivity index (χ2n) is 18.1. The first kappa shape index (κ1) is 37.7. The lowest BCUT2D eigenvalue weighted by Gasteiger charge is -2.64. The van der Waals surface area contributed by atoms with Crippen LogP contribution in [0.2, 0.25) is 0 Å². The molecular weight excluding hydrogens is 709 g/mol. The fraction of sp³-hybridized carbons (Fsp3) is 0.600. The molecule has 56 heavy (non-hydrogen) atoms. The molecule has 300 valence electrons. The molecule has 0 radical (unpaired) electrons. The Balaban J connectivity index is 1.34. The quantitative estimate of drug-likeness (QED) is 0.237. The number of carbonyl (C=O) groups excluding carboxylic acids is 2. The van der Waals surface area contributed by atoms with Crippen molar-refractivity contribution >= 4 is 28.5 Å². The topological polar surface area (TPSA) is 128 Å². The van der Waals surface area contributed by atoms with Gasteiger partial charge >= 0.3 is 11.9 Å². The summed E-state index contributed by atoms with van der Waals surface area (Å²) in [5.74, 6) is -0.249. The molecule has 2 aromatic carbocycles. The molecule has 1 saturated carbocycles. The van der Waals surface area contributed by atoms with Gasteiger partial charge in [-0.25, -0.2) is 0 Å². The third kappa shape index (κ3) is 4.83. The molecule has 5 aliphatic heterocycles. The first-order valence-electron chi connectivity index (χ1n) is 20.6. The van der Waals surface area contributed by atoms with Crippen LogP contribution in [0.5, 0.6) is 5.75 Å². The Labute approximate surface area is 329 Å². The zero-order valence-electron chi connectivity index (χ0n) is 34.0. The van der Waals surface area contributed by atoms with E-state index in [1.165, 1.54) is 14.0 Å². The van der Waals surface area contributed by atoms with E-state index in [9.17, 15) is 15.0 Å². The number of para-hydroxylation sites is 1. The lowest BCUT2D eigenvalue weighted by molar-refractivity contribution is -0.213. The molecule has 0 amide bonds. The minimum absolute atomic E-state index is 0.0326. The molecule has 3 aromatic rings. The van der Waals surface area contributed by atoms with Crippen LogP contribution in [0, 0.1) is 11.3 Å². The number of piperidine rings is 1. The SMILES string of the molecule is CC[C@]1(O)CC2CN(CCc3c([nH]c4ccccc34)[C@@](C(=O)OC)(c3cc4c(cc3OC)N(C)C3C45CCN4CC=C[C@](CC)(C45)[C@@H](OC(C)=O)[C@@]3(C)O)C2)C1. The number of rotatable bonds is 6. The highest BCUT2D eigenvalue weighted by Crippen LogP contribution is 2.68. The van der Waals surface area contributed by atoms with Gasteiger partial charge in [0.2, 0.25) is 0 Å². The van der Waals surface area contributed by atoms with Crippen LogP contribution in [0.15, 0.2) is 48.6 Å². The van der Waals surface area contributed by atoms with Crippen LogP contribution in [-0.4, -0.2) is 120 Å². The number of hydrogen-bond acceptors (Lipinski definition) is 10. The molecule has 3 N–H and O–H groups in total. The summed E-state index contributed by atoms with van der Waals surface area (Å²) in [6.07, 6.45) is 7.34. The molecular formula is C45H58N4O7. The van der Waals surface area contributed by atoms with Crippen molar-refractivity contribution in [1.82, 2.24) is 14.8 Å². The molecule has 9 rings (SSSR count). The largest absolute Gasteiger partial charge is 0.496 e. The number of likely N-dealkylation sites (N-methyl/N-ethyl adjacent to an activating group) is 1. The highest BCUT2D eigenvalue weighted by atomic mass is 16.6. The zero-order valence-corrected chi connectivity index (χ0v) is 34.0. The van der Waals surface area contributed by atoms with Crippen LogP contribution in [-0.2, 0) is 36.3 Å². The molecule has 2 saturated heterocycles. The number of aromatic amines is 1. The maximum Gasteiger partial charge on any atom is 0.322 e. The Morgan fingerprint density at radius 1 is 1.02 bits per heavy atom. The van der Waals surface area contributed by atoms with Crippen molar-refractivity contribution in [2.45, 2.75) is 106 Å². The van der Waals surface area contributed by atoms with Gasteiger partial charge in [0.1, 0.15) is 22.9 Å². The lowest BCUT2D eigenvalue weighted by atomic mass is 9.48. The van der Waals surface area contributed by atoms with Crippen molar-refractivity contribution in [3.05, 3.63) is 70.9 Å². The predicted molar refractivity (Wildman–Crippen MR) is 214 cm³/mol. The van der Waals surface area contributed by atoms with Gasteiger partial charge < -0.3 is 34.3 Å². The molecule has 10 atom stereocenters. The molecule has 1 aliphatic carbocycles. The third-order valence-corrected chi connectivity index (χ3v) is 15.4. The number of benzene rings is 2. The van der Waals surface area contributed by atoms with Crippen molar-refractivity contribution in [1.29, 1.82) is 0 Å². The Morgan fingerprint density at radius 2 is 1.80 bits per heavy atom. The Hall–Kier alpha value is -3.90. The summed E-state index contributed by atoms with van der Waals surface area (Å²) in [6.45, 7) is 11.2. The van der Waals surface area contributed by atoms with E-state index in [0.29, 0.717) is 44.4 Å². The minimum Gasteiger partial charge on any atom is -0.496 e. The van der Waals surface area contributed by atoms with Gasteiger partial charge in [-0.15, -0.1) is 0 Å². The Kier molecular flexibility index (Phi) is 8.61. The van der Waals surface area contributed by atoms with Crippen LogP contribution < -0.4 is 9.64 Å². The van der Waals surface area contributed by atoms with Gasteiger partial charge in [-0.2, -0.15) is 0 Å². The number of esters is 2. The highest BCUT2D eigenvalue weighted by molar-refractivity contribution is 5.94. The Morgan fingerprint density at radius 3 is 2.52 bits per heavy atom. The normalized spacial score (nSPS) is 38.4. The number of hydrogen-bond donors (Lipinski definition) is 3. The first-order valence-corrected chi connectivity index (χ1v) is 20.6. The second-order valence-corrected chi connectivity index (χ2v) is 18.1. The predicted octanol–water partition coefficient (Wildman–Crippen LogP) is 4.84. The summed E-state index contributed by atoms with van der Waals surface area (Å²) in [5, 5.41) is 26.1. The van der Waals surface area contributed by atoms with Gasteiger partial charge in [0.05, 0.1) is 25.9 Å². The average Bonchev–Trinajstić information content (AvgIpc) is 3.84. The summed E-state index contributed by atoms with van der Waals surface area (Å²) < 4.78 is 18.6. The number of ether oxygens (including phenoxy) is 3. The van der Waals surface area contributed by atoms with Crippen molar-refractivity contribution in [3.8, 4) is 5.75 Å². The van der Waals surface area contributed by atoms with Crippen molar-refractivity contribution in [2.24, 2.45) is 11.3 Å². The standard InChI is InChI=1S/C45H58N4O7/c1-8-42(53)23-28-24-45(40(51)55-7,36-30(15-19-48(25-28)26-42)29-13-10-11-14-33(29)46-36)32-21-31-34(22-35(32)54-6)47(5)37-41(4,52)39(56-27(3)50)43(9-2)16-12-18-49-20-17-44(31,37)38(43)49/h10-14,16,21-22,28,37-39,46,52-53H,8-9,15,17-20,23-26H2,1-7H3/t28?,37?,38?,39-,41-,42-,43+,44?,45-/m0/s1. The van der Waals surface area contributed by atoms with E-state index in [1.54, 1.807) is 7.11 Å². The van der Waals surface area contributed by atoms with Crippen LogP contribution in [0.4, 0.5) is 5.69 Å². The van der Waals surface area contributed by atoms with Crippen LogP contribution in [0.25, 0.3) is 10.9 Å². The Bertz CT molecular complexity index is 2130. The van der Waals surface area contributed by atoms with E-state index in [-0.39, 0.29) is 17.9 Å². The average molecular weight is 767 g/mol. The molecule has 6 aliphatic rings. The van der Waals surface area contributed by atoms with E-state index >= 15 is 4.79 Å². The van der Waals surface area contributed by atoms with Crippen LogP contribution >= 0.6 is 0 Å². The van der Waals surface area contributed by atoms with Gasteiger partial charge in [-0.05, 0) is 81.2 Å². The molecule has 1 aromatic heterocycles. The fourth-order valence-corrected chi connectivity index (χ4v) is 13.5. The number of aromatic nitrogens is 1. The van der Waals surface area contributed by atoms with Crippen LogP contribution in [0.3, 0.4) is 0 Å². The number of methoxy groups -OCH3 is 2. The van der Waals surface area contributed by atoms with Gasteiger partial charge in [-0.1, -0.05) is 44.2 Å². The minimum atomic E-state index is -1.45. The molecule has 11 heteroatoms. The summed E-state index contributed by atoms with van der Waals surface area (Å²) in [7, 11) is 5.17. The third-order valence-electron chi connectivity index (χ3n) is 15.4. The van der Waals surface area contributed by atoms with Crippen LogP contribution in [0.1, 0.15) is 82.2 Å².